The molecule has 1 aromatic heterocycles. The maximum Gasteiger partial charge on any atom is 0.196 e. The van der Waals surface area contributed by atoms with Gasteiger partial charge in [-0.25, -0.2) is 4.98 Å². The molecule has 16 heavy (non-hydrogen) atoms. The fraction of sp³-hybridized carbons (Fsp3) is 0.750. The van der Waals surface area contributed by atoms with Crippen LogP contribution in [0.15, 0.2) is 10.6 Å². The van der Waals surface area contributed by atoms with Crippen LogP contribution < -0.4 is 5.73 Å². The van der Waals surface area contributed by atoms with Gasteiger partial charge >= 0.3 is 0 Å². The normalized spacial score (nSPS) is 21.2. The van der Waals surface area contributed by atoms with Crippen LogP contribution in [0.1, 0.15) is 37.3 Å². The van der Waals surface area contributed by atoms with Crippen molar-refractivity contribution < 1.29 is 9.15 Å². The third-order valence-corrected chi connectivity index (χ3v) is 2.91. The van der Waals surface area contributed by atoms with Gasteiger partial charge in [0.05, 0.1) is 18.7 Å². The number of hydrogen-bond donors (Lipinski definition) is 1. The van der Waals surface area contributed by atoms with Crippen molar-refractivity contribution in [3.05, 3.63) is 17.8 Å². The highest BCUT2D eigenvalue weighted by atomic mass is 16.5. The molecule has 1 fully saturated rings. The van der Waals surface area contributed by atoms with Gasteiger partial charge < -0.3 is 14.9 Å². The van der Waals surface area contributed by atoms with Crippen LogP contribution in [-0.4, -0.2) is 24.2 Å². The summed E-state index contributed by atoms with van der Waals surface area (Å²) in [4.78, 5) is 4.28. The lowest BCUT2D eigenvalue weighted by molar-refractivity contribution is 0.0130. The Kier molecular flexibility index (Phi) is 4.36. The van der Waals surface area contributed by atoms with Crippen LogP contribution in [0, 0.1) is 0 Å². The second-order valence-corrected chi connectivity index (χ2v) is 4.31. The van der Waals surface area contributed by atoms with E-state index in [1.807, 2.05) is 6.20 Å². The van der Waals surface area contributed by atoms with E-state index < -0.39 is 0 Å². The first-order chi connectivity index (χ1) is 7.88. The van der Waals surface area contributed by atoms with Gasteiger partial charge in [-0.3, -0.25) is 0 Å². The van der Waals surface area contributed by atoms with E-state index in [4.69, 9.17) is 14.9 Å². The maximum absolute atomic E-state index is 5.65. The molecule has 0 spiro atoms. The largest absolute Gasteiger partial charge is 0.446 e. The lowest BCUT2D eigenvalue weighted by atomic mass is 10.1. The molecule has 2 heterocycles. The zero-order valence-electron chi connectivity index (χ0n) is 9.65. The number of nitrogens with two attached hydrogens (primary N) is 1. The lowest BCUT2D eigenvalue weighted by Gasteiger charge is -2.20. The van der Waals surface area contributed by atoms with Crippen molar-refractivity contribution in [2.75, 3.05) is 13.2 Å². The van der Waals surface area contributed by atoms with Crippen LogP contribution >= 0.6 is 0 Å². The van der Waals surface area contributed by atoms with E-state index in [1.54, 1.807) is 0 Å². The number of hydrogen-bond acceptors (Lipinski definition) is 4. The minimum Gasteiger partial charge on any atom is -0.446 e. The monoisotopic (exact) mass is 224 g/mol. The van der Waals surface area contributed by atoms with Gasteiger partial charge in [-0.05, 0) is 32.2 Å². The summed E-state index contributed by atoms with van der Waals surface area (Å²) in [6.45, 7) is 1.58. The Bertz CT molecular complexity index is 306. The summed E-state index contributed by atoms with van der Waals surface area (Å²) >= 11 is 0. The van der Waals surface area contributed by atoms with Crippen molar-refractivity contribution in [3.8, 4) is 0 Å². The zero-order chi connectivity index (χ0) is 11.2. The fourth-order valence-corrected chi connectivity index (χ4v) is 2.00. The summed E-state index contributed by atoms with van der Waals surface area (Å²) in [5.41, 5.74) is 5.45. The van der Waals surface area contributed by atoms with Crippen molar-refractivity contribution in [3.63, 3.8) is 0 Å². The molecule has 1 unspecified atom stereocenters. The van der Waals surface area contributed by atoms with Crippen LogP contribution in [0.3, 0.4) is 0 Å². The number of nitrogens with zero attached hydrogens (tertiary/aromatic N) is 1. The molecule has 90 valence electrons. The van der Waals surface area contributed by atoms with Crippen molar-refractivity contribution in [2.45, 2.75) is 44.6 Å². The predicted octanol–water partition coefficient (Wildman–Crippen LogP) is 1.68. The molecule has 0 bridgehead atoms. The first-order valence-electron chi connectivity index (χ1n) is 6.13. The Morgan fingerprint density at radius 1 is 1.44 bits per heavy atom. The van der Waals surface area contributed by atoms with Gasteiger partial charge in [0.1, 0.15) is 5.76 Å². The van der Waals surface area contributed by atoms with E-state index in [0.29, 0.717) is 12.6 Å². The van der Waals surface area contributed by atoms with E-state index >= 15 is 0 Å². The fourth-order valence-electron chi connectivity index (χ4n) is 2.00. The second kappa shape index (κ2) is 6.01. The van der Waals surface area contributed by atoms with E-state index in [0.717, 1.165) is 43.9 Å². The Labute approximate surface area is 96.2 Å². The molecule has 1 aliphatic rings. The molecule has 1 atom stereocenters. The van der Waals surface area contributed by atoms with Gasteiger partial charge in [0.15, 0.2) is 5.89 Å². The first kappa shape index (κ1) is 11.6. The molecule has 0 radical (unpaired) electrons. The zero-order valence-corrected chi connectivity index (χ0v) is 9.65. The van der Waals surface area contributed by atoms with Crippen LogP contribution in [-0.2, 0) is 17.6 Å². The number of oxazole rings is 1. The molecule has 0 saturated carbocycles. The molecule has 4 heteroatoms. The SMILES string of the molecule is NCCCc1cnc(CC2CCCCO2)o1. The van der Waals surface area contributed by atoms with Gasteiger partial charge in [-0.2, -0.15) is 0 Å². The third kappa shape index (κ3) is 3.32. The van der Waals surface area contributed by atoms with E-state index in [1.165, 1.54) is 12.8 Å². The van der Waals surface area contributed by atoms with E-state index in [2.05, 4.69) is 4.98 Å². The summed E-state index contributed by atoms with van der Waals surface area (Å²) in [7, 11) is 0. The Morgan fingerprint density at radius 3 is 3.12 bits per heavy atom. The average Bonchev–Trinajstić information content (AvgIpc) is 2.75. The van der Waals surface area contributed by atoms with E-state index in [-0.39, 0.29) is 0 Å². The molecule has 0 aliphatic carbocycles. The Morgan fingerprint density at radius 2 is 2.38 bits per heavy atom. The molecular formula is C12H20N2O2. The van der Waals surface area contributed by atoms with Crippen LogP contribution in [0.2, 0.25) is 0 Å². The highest BCUT2D eigenvalue weighted by Crippen LogP contribution is 2.17. The minimum atomic E-state index is 0.301. The lowest BCUT2D eigenvalue weighted by Crippen LogP contribution is -2.21. The topological polar surface area (TPSA) is 61.3 Å². The van der Waals surface area contributed by atoms with Gasteiger partial charge in [0, 0.05) is 13.0 Å². The molecule has 1 saturated heterocycles. The number of ether oxygens (including phenoxy) is 1. The number of aromatic nitrogens is 1. The average molecular weight is 224 g/mol. The molecule has 0 aromatic carbocycles. The Hall–Kier alpha value is -0.870. The van der Waals surface area contributed by atoms with Crippen LogP contribution in [0.25, 0.3) is 0 Å². The smallest absolute Gasteiger partial charge is 0.196 e. The third-order valence-electron chi connectivity index (χ3n) is 2.91. The molecule has 1 aliphatic heterocycles. The van der Waals surface area contributed by atoms with Gasteiger partial charge in [-0.15, -0.1) is 0 Å². The first-order valence-corrected chi connectivity index (χ1v) is 6.13. The molecule has 2 N–H and O–H groups in total. The highest BCUT2D eigenvalue weighted by molar-refractivity contribution is 4.95. The summed E-state index contributed by atoms with van der Waals surface area (Å²) in [5.74, 6) is 1.75. The van der Waals surface area contributed by atoms with Crippen molar-refractivity contribution in [1.29, 1.82) is 0 Å². The van der Waals surface area contributed by atoms with Gasteiger partial charge in [0.25, 0.3) is 0 Å². The minimum absolute atomic E-state index is 0.301. The van der Waals surface area contributed by atoms with Crippen LogP contribution in [0.4, 0.5) is 0 Å². The summed E-state index contributed by atoms with van der Waals surface area (Å²) in [6, 6.07) is 0. The summed E-state index contributed by atoms with van der Waals surface area (Å²) in [6.07, 6.45) is 8.32. The van der Waals surface area contributed by atoms with Gasteiger partial charge in [0.2, 0.25) is 0 Å². The molecular weight excluding hydrogens is 204 g/mol. The Balaban J connectivity index is 1.81. The quantitative estimate of drug-likeness (QED) is 0.826. The van der Waals surface area contributed by atoms with Crippen molar-refractivity contribution >= 4 is 0 Å². The van der Waals surface area contributed by atoms with Crippen molar-refractivity contribution in [1.82, 2.24) is 4.98 Å². The maximum atomic E-state index is 5.65. The molecule has 4 nitrogen and oxygen atoms in total. The number of aryl methyl sites for hydroxylation is 1. The van der Waals surface area contributed by atoms with E-state index in [9.17, 15) is 0 Å². The predicted molar refractivity (Wildman–Crippen MR) is 61.2 cm³/mol. The summed E-state index contributed by atoms with van der Waals surface area (Å²) in [5, 5.41) is 0. The molecule has 1 aromatic rings. The number of rotatable bonds is 5. The highest BCUT2D eigenvalue weighted by Gasteiger charge is 2.17. The molecule has 2 rings (SSSR count). The van der Waals surface area contributed by atoms with Crippen molar-refractivity contribution in [2.24, 2.45) is 5.73 Å². The standard InChI is InChI=1S/C12H20N2O2/c13-6-3-5-11-9-14-12(16-11)8-10-4-1-2-7-15-10/h9-10H,1-8,13H2. The van der Waals surface area contributed by atoms with Gasteiger partial charge in [-0.1, -0.05) is 0 Å². The molecule has 0 amide bonds. The van der Waals surface area contributed by atoms with Crippen LogP contribution in [0.5, 0.6) is 0 Å². The second-order valence-electron chi connectivity index (χ2n) is 4.31. The summed E-state index contributed by atoms with van der Waals surface area (Å²) < 4.78 is 11.3.